The van der Waals surface area contributed by atoms with Crippen LogP contribution in [0.25, 0.3) is 0 Å². The molecule has 0 heterocycles. The lowest BCUT2D eigenvalue weighted by atomic mass is 10.0. The first kappa shape index (κ1) is 12.6. The molecule has 1 aromatic carbocycles. The van der Waals surface area contributed by atoms with E-state index >= 15 is 0 Å². The Labute approximate surface area is 82.7 Å². The summed E-state index contributed by atoms with van der Waals surface area (Å²) in [6.45, 7) is 1.95. The molecular weight excluding hydrogens is 182 g/mol. The van der Waals surface area contributed by atoms with Crippen molar-refractivity contribution in [1.29, 1.82) is 0 Å². The van der Waals surface area contributed by atoms with E-state index in [4.69, 9.17) is 10.8 Å². The second kappa shape index (κ2) is 5.36. The van der Waals surface area contributed by atoms with E-state index in [2.05, 4.69) is 0 Å². The summed E-state index contributed by atoms with van der Waals surface area (Å²) in [5, 5.41) is 8.61. The molecule has 0 saturated carbocycles. The highest BCUT2D eigenvalue weighted by Crippen LogP contribution is 2.08. The third-order valence-corrected chi connectivity index (χ3v) is 2.02. The minimum absolute atomic E-state index is 0. The molecule has 0 amide bonds. The maximum Gasteiger partial charge on any atom is 0.320 e. The molecule has 1 atom stereocenters. The number of rotatable bonds is 3. The van der Waals surface area contributed by atoms with Gasteiger partial charge in [0.25, 0.3) is 0 Å². The molecule has 1 rings (SSSR count). The maximum atomic E-state index is 10.5. The van der Waals surface area contributed by atoms with Crippen LogP contribution in [0.5, 0.6) is 0 Å². The molecule has 0 fully saturated rings. The van der Waals surface area contributed by atoms with Crippen LogP contribution in [0.4, 0.5) is 0 Å². The zero-order valence-corrected chi connectivity index (χ0v) is 8.03. The largest absolute Gasteiger partial charge is 0.480 e. The fourth-order valence-electron chi connectivity index (χ4n) is 1.16. The van der Waals surface area contributed by atoms with E-state index in [0.717, 1.165) is 11.1 Å². The molecule has 0 aliphatic carbocycles. The quantitative estimate of drug-likeness (QED) is 0.720. The van der Waals surface area contributed by atoms with E-state index in [1.807, 2.05) is 31.2 Å². The number of nitrogens with two attached hydrogens (primary N) is 1. The van der Waals surface area contributed by atoms with Gasteiger partial charge in [-0.1, -0.05) is 24.3 Å². The highest BCUT2D eigenvalue weighted by Gasteiger charge is 2.12. The lowest BCUT2D eigenvalue weighted by Gasteiger charge is -2.08. The molecule has 0 spiro atoms. The molecule has 78 valence electrons. The molecule has 4 nitrogen and oxygen atoms in total. The summed E-state index contributed by atoms with van der Waals surface area (Å²) >= 11 is 0. The SMILES string of the molecule is Cc1ccccc1C[C@H](N)C(=O)O.O. The van der Waals surface area contributed by atoms with Crippen LogP contribution in [-0.2, 0) is 11.2 Å². The summed E-state index contributed by atoms with van der Waals surface area (Å²) in [5.41, 5.74) is 7.50. The van der Waals surface area contributed by atoms with E-state index in [1.54, 1.807) is 0 Å². The first-order valence-electron chi connectivity index (χ1n) is 4.14. The predicted molar refractivity (Wildman–Crippen MR) is 54.1 cm³/mol. The summed E-state index contributed by atoms with van der Waals surface area (Å²) < 4.78 is 0. The van der Waals surface area contributed by atoms with Crippen LogP contribution in [0.15, 0.2) is 24.3 Å². The second-order valence-electron chi connectivity index (χ2n) is 3.08. The van der Waals surface area contributed by atoms with Crippen LogP contribution in [0, 0.1) is 6.92 Å². The highest BCUT2D eigenvalue weighted by molar-refractivity contribution is 5.73. The smallest absolute Gasteiger partial charge is 0.320 e. The standard InChI is InChI=1S/C10H13NO2.H2O/c1-7-4-2-3-5-8(7)6-9(11)10(12)13;/h2-5,9H,6,11H2,1H3,(H,12,13);1H2/t9-;/m0./s1. The zero-order chi connectivity index (χ0) is 9.84. The Morgan fingerprint density at radius 3 is 2.57 bits per heavy atom. The highest BCUT2D eigenvalue weighted by atomic mass is 16.4. The van der Waals surface area contributed by atoms with Crippen molar-refractivity contribution in [2.24, 2.45) is 5.73 Å². The Morgan fingerprint density at radius 1 is 1.50 bits per heavy atom. The minimum Gasteiger partial charge on any atom is -0.480 e. The predicted octanol–water partition coefficient (Wildman–Crippen LogP) is 0.125. The minimum atomic E-state index is -0.955. The third-order valence-electron chi connectivity index (χ3n) is 2.02. The number of benzene rings is 1. The maximum absolute atomic E-state index is 10.5. The van der Waals surface area contributed by atoms with E-state index in [0.29, 0.717) is 6.42 Å². The van der Waals surface area contributed by atoms with Gasteiger partial charge in [-0.05, 0) is 24.5 Å². The summed E-state index contributed by atoms with van der Waals surface area (Å²) in [7, 11) is 0. The molecule has 0 bridgehead atoms. The Bertz CT molecular complexity index is 312. The summed E-state index contributed by atoms with van der Waals surface area (Å²) in [6.07, 6.45) is 0.391. The molecule has 4 heteroatoms. The Morgan fingerprint density at radius 2 is 2.07 bits per heavy atom. The van der Waals surface area contributed by atoms with E-state index < -0.39 is 12.0 Å². The van der Waals surface area contributed by atoms with Crippen LogP contribution in [0.3, 0.4) is 0 Å². The van der Waals surface area contributed by atoms with Gasteiger partial charge < -0.3 is 16.3 Å². The normalized spacial score (nSPS) is 11.6. The van der Waals surface area contributed by atoms with Gasteiger partial charge in [0, 0.05) is 0 Å². The van der Waals surface area contributed by atoms with Crippen molar-refractivity contribution in [2.75, 3.05) is 0 Å². The number of carboxylic acid groups (broad SMARTS) is 1. The van der Waals surface area contributed by atoms with Gasteiger partial charge in [0.2, 0.25) is 0 Å². The number of carbonyl (C=O) groups is 1. The number of hydrogen-bond acceptors (Lipinski definition) is 2. The number of carboxylic acids is 1. The molecule has 1 aromatic rings. The van der Waals surface area contributed by atoms with Crippen molar-refractivity contribution in [3.05, 3.63) is 35.4 Å². The van der Waals surface area contributed by atoms with Crippen LogP contribution >= 0.6 is 0 Å². The van der Waals surface area contributed by atoms with Gasteiger partial charge in [0.15, 0.2) is 0 Å². The Balaban J connectivity index is 0.00000169. The summed E-state index contributed by atoms with van der Waals surface area (Å²) in [5.74, 6) is -0.955. The monoisotopic (exact) mass is 197 g/mol. The molecule has 0 saturated heterocycles. The van der Waals surface area contributed by atoms with Gasteiger partial charge in [0.1, 0.15) is 6.04 Å². The zero-order valence-electron chi connectivity index (χ0n) is 8.03. The summed E-state index contributed by atoms with van der Waals surface area (Å²) in [4.78, 5) is 10.5. The van der Waals surface area contributed by atoms with Gasteiger partial charge >= 0.3 is 5.97 Å². The average Bonchev–Trinajstić information content (AvgIpc) is 2.08. The number of aryl methyl sites for hydroxylation is 1. The van der Waals surface area contributed by atoms with Gasteiger partial charge in [-0.2, -0.15) is 0 Å². The molecule has 14 heavy (non-hydrogen) atoms. The average molecular weight is 197 g/mol. The Hall–Kier alpha value is -1.39. The van der Waals surface area contributed by atoms with E-state index in [1.165, 1.54) is 0 Å². The molecule has 0 aromatic heterocycles. The Kier molecular flexibility index (Phi) is 4.83. The van der Waals surface area contributed by atoms with Gasteiger partial charge in [-0.15, -0.1) is 0 Å². The topological polar surface area (TPSA) is 94.8 Å². The molecule has 0 aliphatic rings. The fourth-order valence-corrected chi connectivity index (χ4v) is 1.16. The van der Waals surface area contributed by atoms with Gasteiger partial charge in [-0.25, -0.2) is 0 Å². The lowest BCUT2D eigenvalue weighted by molar-refractivity contribution is -0.138. The molecular formula is C10H15NO3. The van der Waals surface area contributed by atoms with Crippen molar-refractivity contribution in [3.63, 3.8) is 0 Å². The molecule has 0 radical (unpaired) electrons. The first-order valence-corrected chi connectivity index (χ1v) is 4.14. The van der Waals surface area contributed by atoms with E-state index in [-0.39, 0.29) is 5.48 Å². The first-order chi connectivity index (χ1) is 6.11. The van der Waals surface area contributed by atoms with Crippen molar-refractivity contribution in [2.45, 2.75) is 19.4 Å². The van der Waals surface area contributed by atoms with Crippen LogP contribution < -0.4 is 5.73 Å². The van der Waals surface area contributed by atoms with Crippen LogP contribution in [0.2, 0.25) is 0 Å². The number of aliphatic carboxylic acids is 1. The third kappa shape index (κ3) is 3.16. The fraction of sp³-hybridized carbons (Fsp3) is 0.300. The lowest BCUT2D eigenvalue weighted by Crippen LogP contribution is -2.32. The second-order valence-corrected chi connectivity index (χ2v) is 3.08. The van der Waals surface area contributed by atoms with Gasteiger partial charge in [-0.3, -0.25) is 4.79 Å². The van der Waals surface area contributed by atoms with Crippen LogP contribution in [0.1, 0.15) is 11.1 Å². The van der Waals surface area contributed by atoms with Crippen LogP contribution in [-0.4, -0.2) is 22.6 Å². The van der Waals surface area contributed by atoms with E-state index in [9.17, 15) is 4.79 Å². The molecule has 5 N–H and O–H groups in total. The van der Waals surface area contributed by atoms with Gasteiger partial charge in [0.05, 0.1) is 0 Å². The number of hydrogen-bond donors (Lipinski definition) is 2. The summed E-state index contributed by atoms with van der Waals surface area (Å²) in [6, 6.07) is 6.85. The molecule has 0 aliphatic heterocycles. The molecule has 0 unspecified atom stereocenters. The van der Waals surface area contributed by atoms with Crippen molar-refractivity contribution in [3.8, 4) is 0 Å². The van der Waals surface area contributed by atoms with Crippen molar-refractivity contribution >= 4 is 5.97 Å². The van der Waals surface area contributed by atoms with Crippen molar-refractivity contribution in [1.82, 2.24) is 0 Å². The van der Waals surface area contributed by atoms with Crippen molar-refractivity contribution < 1.29 is 15.4 Å².